The largest absolute Gasteiger partial charge is 0.324 e. The van der Waals surface area contributed by atoms with E-state index in [1.807, 2.05) is 31.2 Å². The fourth-order valence-corrected chi connectivity index (χ4v) is 2.69. The molecular weight excluding hydrogens is 384 g/mol. The predicted molar refractivity (Wildman–Crippen MR) is 105 cm³/mol. The second kappa shape index (κ2) is 8.01. The van der Waals surface area contributed by atoms with Crippen LogP contribution >= 0.6 is 11.6 Å². The van der Waals surface area contributed by atoms with Gasteiger partial charge in [-0.15, -0.1) is 0 Å². The lowest BCUT2D eigenvalue weighted by Crippen LogP contribution is -2.29. The molecule has 2 aromatic carbocycles. The average molecular weight is 399 g/mol. The molecule has 0 bridgehead atoms. The maximum absolute atomic E-state index is 12.3. The fraction of sp³-hybridized carbons (Fsp3) is 0.105. The van der Waals surface area contributed by atoms with Crippen LogP contribution in [0, 0.1) is 17.0 Å². The summed E-state index contributed by atoms with van der Waals surface area (Å²) in [6.45, 7) is 1.62. The summed E-state index contributed by atoms with van der Waals surface area (Å²) in [5.74, 6) is -0.549. The molecule has 0 aliphatic carbocycles. The second-order valence-electron chi connectivity index (χ2n) is 6.05. The molecule has 0 atom stereocenters. The lowest BCUT2D eigenvalue weighted by Gasteiger charge is -2.09. The number of rotatable bonds is 5. The standard InChI is InChI=1S/C19H15ClN4O4/c1-12-2-4-13(5-3-12)16-8-9-19(26)23(22-16)11-18(25)21-14-6-7-15(20)17(10-14)24(27)28/h2-10H,11H2,1H3,(H,21,25). The number of nitrogens with one attached hydrogen (secondary N) is 1. The minimum absolute atomic E-state index is 0.0355. The minimum atomic E-state index is -0.644. The van der Waals surface area contributed by atoms with Gasteiger partial charge in [-0.25, -0.2) is 4.68 Å². The van der Waals surface area contributed by atoms with Crippen LogP contribution in [0.1, 0.15) is 5.56 Å². The zero-order valence-corrected chi connectivity index (χ0v) is 15.5. The number of nitro benzene ring substituents is 1. The summed E-state index contributed by atoms with van der Waals surface area (Å²) in [6.07, 6.45) is 0. The number of aryl methyl sites for hydroxylation is 1. The van der Waals surface area contributed by atoms with E-state index in [9.17, 15) is 19.7 Å². The van der Waals surface area contributed by atoms with Crippen molar-refractivity contribution in [3.8, 4) is 11.3 Å². The van der Waals surface area contributed by atoms with Crippen molar-refractivity contribution in [1.82, 2.24) is 9.78 Å². The zero-order valence-electron chi connectivity index (χ0n) is 14.8. The van der Waals surface area contributed by atoms with Gasteiger partial charge in [-0.2, -0.15) is 5.10 Å². The smallest absolute Gasteiger partial charge is 0.289 e. The maximum Gasteiger partial charge on any atom is 0.289 e. The Labute approximate surface area is 164 Å². The third kappa shape index (κ3) is 4.41. The van der Waals surface area contributed by atoms with Gasteiger partial charge in [0.25, 0.3) is 11.2 Å². The molecule has 1 N–H and O–H groups in total. The first kappa shape index (κ1) is 19.2. The fourth-order valence-electron chi connectivity index (χ4n) is 2.51. The second-order valence-corrected chi connectivity index (χ2v) is 6.46. The highest BCUT2D eigenvalue weighted by molar-refractivity contribution is 6.32. The molecular formula is C19H15ClN4O4. The third-order valence-corrected chi connectivity index (χ3v) is 4.25. The number of halogens is 1. The number of carbonyl (C=O) groups excluding carboxylic acids is 1. The molecule has 28 heavy (non-hydrogen) atoms. The van der Waals surface area contributed by atoms with Crippen LogP contribution in [0.15, 0.2) is 59.4 Å². The highest BCUT2D eigenvalue weighted by atomic mass is 35.5. The average Bonchev–Trinajstić information content (AvgIpc) is 2.65. The Kier molecular flexibility index (Phi) is 5.51. The SMILES string of the molecule is Cc1ccc(-c2ccc(=O)n(CC(=O)Nc3ccc(Cl)c([N+](=O)[O-])c3)n2)cc1. The van der Waals surface area contributed by atoms with Crippen molar-refractivity contribution >= 4 is 28.9 Å². The molecule has 0 fully saturated rings. The third-order valence-electron chi connectivity index (χ3n) is 3.93. The molecule has 8 nitrogen and oxygen atoms in total. The molecule has 0 spiro atoms. The molecule has 0 saturated carbocycles. The summed E-state index contributed by atoms with van der Waals surface area (Å²) < 4.78 is 1.04. The molecule has 9 heteroatoms. The van der Waals surface area contributed by atoms with Gasteiger partial charge in [0.1, 0.15) is 11.6 Å². The van der Waals surface area contributed by atoms with Crippen LogP contribution in [-0.4, -0.2) is 20.6 Å². The normalized spacial score (nSPS) is 10.5. The Morgan fingerprint density at radius 2 is 1.89 bits per heavy atom. The monoisotopic (exact) mass is 398 g/mol. The lowest BCUT2D eigenvalue weighted by molar-refractivity contribution is -0.384. The van der Waals surface area contributed by atoms with Gasteiger partial charge in [0.15, 0.2) is 0 Å². The van der Waals surface area contributed by atoms with Crippen LogP contribution in [-0.2, 0) is 11.3 Å². The molecule has 0 radical (unpaired) electrons. The van der Waals surface area contributed by atoms with Crippen molar-refractivity contribution in [2.24, 2.45) is 0 Å². The highest BCUT2D eigenvalue weighted by Gasteiger charge is 2.14. The minimum Gasteiger partial charge on any atom is -0.324 e. The summed E-state index contributed by atoms with van der Waals surface area (Å²) >= 11 is 5.75. The van der Waals surface area contributed by atoms with Gasteiger partial charge in [-0.05, 0) is 25.1 Å². The zero-order chi connectivity index (χ0) is 20.3. The van der Waals surface area contributed by atoms with Gasteiger partial charge < -0.3 is 5.32 Å². The van der Waals surface area contributed by atoms with E-state index < -0.39 is 16.4 Å². The molecule has 0 aliphatic rings. The Hall–Kier alpha value is -3.52. The Morgan fingerprint density at radius 1 is 1.18 bits per heavy atom. The molecule has 1 aromatic heterocycles. The van der Waals surface area contributed by atoms with Crippen LogP contribution in [0.5, 0.6) is 0 Å². The Balaban J connectivity index is 1.80. The van der Waals surface area contributed by atoms with Crippen molar-refractivity contribution in [3.05, 3.63) is 85.7 Å². The number of nitrogens with zero attached hydrogens (tertiary/aromatic N) is 3. The number of amides is 1. The van der Waals surface area contributed by atoms with E-state index in [0.717, 1.165) is 21.9 Å². The molecule has 1 heterocycles. The Bertz CT molecular complexity index is 1110. The van der Waals surface area contributed by atoms with Crippen molar-refractivity contribution in [2.45, 2.75) is 13.5 Å². The van der Waals surface area contributed by atoms with Gasteiger partial charge >= 0.3 is 0 Å². The number of benzene rings is 2. The highest BCUT2D eigenvalue weighted by Crippen LogP contribution is 2.27. The van der Waals surface area contributed by atoms with E-state index in [2.05, 4.69) is 10.4 Å². The van der Waals surface area contributed by atoms with Crippen molar-refractivity contribution in [2.75, 3.05) is 5.32 Å². The maximum atomic E-state index is 12.3. The number of carbonyl (C=O) groups is 1. The van der Waals surface area contributed by atoms with E-state index in [1.165, 1.54) is 18.2 Å². The molecule has 3 rings (SSSR count). The lowest BCUT2D eigenvalue weighted by atomic mass is 10.1. The van der Waals surface area contributed by atoms with Gasteiger partial charge in [0, 0.05) is 23.4 Å². The number of hydrogen-bond acceptors (Lipinski definition) is 5. The van der Waals surface area contributed by atoms with Gasteiger partial charge in [-0.3, -0.25) is 19.7 Å². The summed E-state index contributed by atoms with van der Waals surface area (Å²) in [5.41, 5.74) is 1.89. The predicted octanol–water partition coefficient (Wildman–Crippen LogP) is 3.42. The number of nitro groups is 1. The molecule has 3 aromatic rings. The van der Waals surface area contributed by atoms with Crippen LogP contribution in [0.2, 0.25) is 5.02 Å². The first-order valence-corrected chi connectivity index (χ1v) is 8.60. The van der Waals surface area contributed by atoms with E-state index in [4.69, 9.17) is 11.6 Å². The van der Waals surface area contributed by atoms with Gasteiger partial charge in [0.05, 0.1) is 10.6 Å². The molecule has 0 unspecified atom stereocenters. The topological polar surface area (TPSA) is 107 Å². The first-order valence-electron chi connectivity index (χ1n) is 8.22. The molecule has 0 saturated heterocycles. The first-order chi connectivity index (χ1) is 13.3. The molecule has 1 amide bonds. The van der Waals surface area contributed by atoms with Crippen LogP contribution in [0.25, 0.3) is 11.3 Å². The number of hydrogen-bond donors (Lipinski definition) is 1. The van der Waals surface area contributed by atoms with Crippen molar-refractivity contribution in [1.29, 1.82) is 0 Å². The summed E-state index contributed by atoms with van der Waals surface area (Å²) in [5, 5.41) is 17.6. The number of anilines is 1. The van der Waals surface area contributed by atoms with Gasteiger partial charge in [0.2, 0.25) is 5.91 Å². The van der Waals surface area contributed by atoms with Crippen LogP contribution in [0.4, 0.5) is 11.4 Å². The quantitative estimate of drug-likeness (QED) is 0.523. The summed E-state index contributed by atoms with van der Waals surface area (Å²) in [7, 11) is 0. The number of aromatic nitrogens is 2. The van der Waals surface area contributed by atoms with Crippen molar-refractivity contribution in [3.63, 3.8) is 0 Å². The van der Waals surface area contributed by atoms with E-state index in [-0.39, 0.29) is 22.9 Å². The van der Waals surface area contributed by atoms with E-state index in [1.54, 1.807) is 6.07 Å². The molecule has 0 aliphatic heterocycles. The van der Waals surface area contributed by atoms with E-state index in [0.29, 0.717) is 5.69 Å². The van der Waals surface area contributed by atoms with E-state index >= 15 is 0 Å². The van der Waals surface area contributed by atoms with Crippen LogP contribution in [0.3, 0.4) is 0 Å². The van der Waals surface area contributed by atoms with Crippen molar-refractivity contribution < 1.29 is 9.72 Å². The Morgan fingerprint density at radius 3 is 2.57 bits per heavy atom. The molecule has 142 valence electrons. The summed E-state index contributed by atoms with van der Waals surface area (Å²) in [6, 6.07) is 14.4. The van der Waals surface area contributed by atoms with Gasteiger partial charge in [-0.1, -0.05) is 41.4 Å². The summed E-state index contributed by atoms with van der Waals surface area (Å²) in [4.78, 5) is 34.6. The van der Waals surface area contributed by atoms with Crippen LogP contribution < -0.4 is 10.9 Å².